The van der Waals surface area contributed by atoms with Crippen LogP contribution in [-0.4, -0.2) is 15.7 Å². The first kappa shape index (κ1) is 20.4. The second-order valence-electron chi connectivity index (χ2n) is 10.1. The molecular formula is C24H29Cl2N3O. The molecule has 1 N–H and O–H groups in total. The average Bonchev–Trinajstić information content (AvgIpc) is 2.90. The van der Waals surface area contributed by atoms with Gasteiger partial charge in [0.15, 0.2) is 0 Å². The van der Waals surface area contributed by atoms with Gasteiger partial charge in [-0.3, -0.25) is 9.48 Å². The number of carbonyl (C=O) groups excluding carboxylic acids is 1. The third-order valence-corrected chi connectivity index (χ3v) is 8.27. The molecule has 0 spiro atoms. The Morgan fingerprint density at radius 3 is 2.37 bits per heavy atom. The largest absolute Gasteiger partial charge is 0.323 e. The first-order valence-corrected chi connectivity index (χ1v) is 11.8. The van der Waals surface area contributed by atoms with Gasteiger partial charge in [-0.1, -0.05) is 29.3 Å². The molecule has 4 aliphatic carbocycles. The van der Waals surface area contributed by atoms with Crippen LogP contribution in [0, 0.1) is 37.0 Å². The first-order valence-electron chi connectivity index (χ1n) is 11.1. The van der Waals surface area contributed by atoms with Gasteiger partial charge in [0.1, 0.15) is 0 Å². The zero-order valence-electron chi connectivity index (χ0n) is 17.7. The zero-order chi connectivity index (χ0) is 21.0. The van der Waals surface area contributed by atoms with Crippen LogP contribution in [-0.2, 0) is 11.3 Å². The van der Waals surface area contributed by atoms with Gasteiger partial charge >= 0.3 is 0 Å². The van der Waals surface area contributed by atoms with E-state index in [0.717, 1.165) is 40.4 Å². The Hall–Kier alpha value is -1.52. The molecule has 160 valence electrons. The van der Waals surface area contributed by atoms with Crippen molar-refractivity contribution in [1.82, 2.24) is 9.78 Å². The van der Waals surface area contributed by atoms with Gasteiger partial charge in [0.2, 0.25) is 5.91 Å². The third kappa shape index (κ3) is 3.78. The van der Waals surface area contributed by atoms with Gasteiger partial charge in [-0.2, -0.15) is 5.10 Å². The molecule has 4 nitrogen and oxygen atoms in total. The van der Waals surface area contributed by atoms with Crippen molar-refractivity contribution in [2.75, 3.05) is 5.32 Å². The number of hydrogen-bond acceptors (Lipinski definition) is 2. The van der Waals surface area contributed by atoms with E-state index < -0.39 is 0 Å². The molecule has 1 aromatic carbocycles. The Morgan fingerprint density at radius 2 is 1.77 bits per heavy atom. The molecule has 0 radical (unpaired) electrons. The molecule has 1 amide bonds. The normalized spacial score (nSPS) is 29.4. The minimum Gasteiger partial charge on any atom is -0.323 e. The van der Waals surface area contributed by atoms with E-state index in [1.165, 1.54) is 38.5 Å². The molecule has 0 unspecified atom stereocenters. The van der Waals surface area contributed by atoms with Gasteiger partial charge in [-0.15, -0.1) is 0 Å². The molecule has 0 aliphatic heterocycles. The van der Waals surface area contributed by atoms with Crippen LogP contribution in [0.15, 0.2) is 18.2 Å². The highest BCUT2D eigenvalue weighted by Crippen LogP contribution is 2.61. The predicted octanol–water partition coefficient (Wildman–Crippen LogP) is 6.40. The number of benzene rings is 1. The molecule has 4 fully saturated rings. The summed E-state index contributed by atoms with van der Waals surface area (Å²) in [6.45, 7) is 4.50. The number of nitrogens with one attached hydrogen (secondary N) is 1. The van der Waals surface area contributed by atoms with Crippen LogP contribution in [0.5, 0.6) is 0 Å². The summed E-state index contributed by atoms with van der Waals surface area (Å²) in [7, 11) is 0. The molecule has 4 bridgehead atoms. The van der Waals surface area contributed by atoms with E-state index in [1.54, 1.807) is 6.07 Å². The fourth-order valence-corrected chi connectivity index (χ4v) is 7.34. The third-order valence-electron chi connectivity index (χ3n) is 7.68. The fourth-order valence-electron chi connectivity index (χ4n) is 6.87. The number of hydrogen-bond donors (Lipinski definition) is 1. The second-order valence-corrected chi connectivity index (χ2v) is 10.9. The number of anilines is 1. The summed E-state index contributed by atoms with van der Waals surface area (Å²) in [4.78, 5) is 13.1. The van der Waals surface area contributed by atoms with Crippen molar-refractivity contribution in [2.45, 2.75) is 65.3 Å². The van der Waals surface area contributed by atoms with Crippen molar-refractivity contribution < 1.29 is 4.79 Å². The highest BCUT2D eigenvalue weighted by atomic mass is 35.5. The van der Waals surface area contributed by atoms with E-state index in [1.807, 2.05) is 30.7 Å². The van der Waals surface area contributed by atoms with E-state index in [4.69, 9.17) is 23.2 Å². The number of halogens is 2. The maximum absolute atomic E-state index is 13.1. The molecular weight excluding hydrogens is 417 g/mol. The maximum atomic E-state index is 13.1. The summed E-state index contributed by atoms with van der Waals surface area (Å²) in [5.41, 5.74) is 3.84. The number of aromatic nitrogens is 2. The molecule has 2 aromatic rings. The number of rotatable bonds is 5. The van der Waals surface area contributed by atoms with Crippen molar-refractivity contribution in [3.63, 3.8) is 0 Å². The smallest absolute Gasteiger partial charge is 0.225 e. The summed E-state index contributed by atoms with van der Waals surface area (Å²) in [5, 5.41) is 9.11. The Kier molecular flexibility index (Phi) is 5.14. The van der Waals surface area contributed by atoms with Crippen LogP contribution in [0.2, 0.25) is 10.0 Å². The number of carbonyl (C=O) groups is 1. The number of nitrogens with zero attached hydrogens (tertiary/aromatic N) is 2. The minimum absolute atomic E-state index is 0.146. The van der Waals surface area contributed by atoms with E-state index >= 15 is 0 Å². The summed E-state index contributed by atoms with van der Waals surface area (Å²) in [6.07, 6.45) is 8.61. The van der Waals surface area contributed by atoms with Gasteiger partial charge in [0.05, 0.1) is 23.6 Å². The fraction of sp³-hybridized carbons (Fsp3) is 0.583. The lowest BCUT2D eigenvalue weighted by Crippen LogP contribution is -2.47. The van der Waals surface area contributed by atoms with Crippen molar-refractivity contribution in [1.29, 1.82) is 0 Å². The quantitative estimate of drug-likeness (QED) is 0.578. The van der Waals surface area contributed by atoms with Gasteiger partial charge in [-0.05, 0) is 93.2 Å². The monoisotopic (exact) mass is 445 g/mol. The van der Waals surface area contributed by atoms with Gasteiger partial charge in [-0.25, -0.2) is 0 Å². The van der Waals surface area contributed by atoms with Crippen molar-refractivity contribution in [2.24, 2.45) is 23.2 Å². The molecule has 4 aliphatic rings. The average molecular weight is 446 g/mol. The van der Waals surface area contributed by atoms with Crippen molar-refractivity contribution in [3.8, 4) is 0 Å². The summed E-state index contributed by atoms with van der Waals surface area (Å²) in [6, 6.07) is 5.51. The van der Waals surface area contributed by atoms with Crippen LogP contribution < -0.4 is 5.32 Å². The Bertz CT molecular complexity index is 961. The number of amides is 1. The standard InChI is InChI=1S/C24H29Cl2N3O/c1-14-23(15(2)29(28-14)13-19-3-4-20(25)8-21(19)26)27-22(30)12-24-9-16-5-17(10-24)7-18(6-16)11-24/h3-4,8,16-18H,5-7,9-13H2,1-2H3,(H,27,30). The summed E-state index contributed by atoms with van der Waals surface area (Å²) >= 11 is 12.4. The van der Waals surface area contributed by atoms with Crippen LogP contribution in [0.25, 0.3) is 0 Å². The lowest BCUT2D eigenvalue weighted by Gasteiger charge is -2.56. The predicted molar refractivity (Wildman–Crippen MR) is 121 cm³/mol. The Morgan fingerprint density at radius 1 is 1.13 bits per heavy atom. The van der Waals surface area contributed by atoms with E-state index in [-0.39, 0.29) is 11.3 Å². The zero-order valence-corrected chi connectivity index (χ0v) is 19.2. The molecule has 0 atom stereocenters. The maximum Gasteiger partial charge on any atom is 0.225 e. The SMILES string of the molecule is Cc1nn(Cc2ccc(Cl)cc2Cl)c(C)c1NC(=O)CC12CC3CC(CC(C3)C1)C2. The molecule has 4 saturated carbocycles. The summed E-state index contributed by atoms with van der Waals surface area (Å²) in [5.74, 6) is 2.73. The highest BCUT2D eigenvalue weighted by molar-refractivity contribution is 6.35. The van der Waals surface area contributed by atoms with E-state index in [9.17, 15) is 4.79 Å². The Balaban J connectivity index is 1.30. The second kappa shape index (κ2) is 7.56. The topological polar surface area (TPSA) is 46.9 Å². The molecule has 1 heterocycles. The van der Waals surface area contributed by atoms with Crippen LogP contribution in [0.3, 0.4) is 0 Å². The molecule has 6 heteroatoms. The van der Waals surface area contributed by atoms with Gasteiger partial charge in [0.25, 0.3) is 0 Å². The van der Waals surface area contributed by atoms with Gasteiger partial charge < -0.3 is 5.32 Å². The van der Waals surface area contributed by atoms with Crippen molar-refractivity contribution in [3.05, 3.63) is 45.2 Å². The number of aryl methyl sites for hydroxylation is 1. The molecule has 6 rings (SSSR count). The minimum atomic E-state index is 0.146. The van der Waals surface area contributed by atoms with E-state index in [2.05, 4.69) is 10.4 Å². The molecule has 0 saturated heterocycles. The lowest BCUT2D eigenvalue weighted by molar-refractivity contribution is -0.124. The van der Waals surface area contributed by atoms with Crippen LogP contribution in [0.1, 0.15) is 61.9 Å². The molecule has 30 heavy (non-hydrogen) atoms. The van der Waals surface area contributed by atoms with E-state index in [0.29, 0.717) is 23.0 Å². The van der Waals surface area contributed by atoms with Crippen LogP contribution >= 0.6 is 23.2 Å². The first-order chi connectivity index (χ1) is 14.3. The van der Waals surface area contributed by atoms with Gasteiger partial charge in [0, 0.05) is 16.5 Å². The van der Waals surface area contributed by atoms with Crippen LogP contribution in [0.4, 0.5) is 5.69 Å². The lowest BCUT2D eigenvalue weighted by atomic mass is 9.49. The van der Waals surface area contributed by atoms with Crippen molar-refractivity contribution >= 4 is 34.8 Å². The molecule has 1 aromatic heterocycles. The summed E-state index contributed by atoms with van der Waals surface area (Å²) < 4.78 is 1.91. The Labute approximate surface area is 188 Å². The highest BCUT2D eigenvalue weighted by Gasteiger charge is 2.51.